The Hall–Kier alpha value is -4.57. The monoisotopic (exact) mass is 652 g/mol. The van der Waals surface area contributed by atoms with E-state index < -0.39 is 17.7 Å². The summed E-state index contributed by atoms with van der Waals surface area (Å²) in [6, 6.07) is 20.4. The average molecular weight is 653 g/mol. The molecule has 1 N–H and O–H groups in total. The van der Waals surface area contributed by atoms with Crippen LogP contribution in [-0.2, 0) is 24.5 Å². The minimum atomic E-state index is -0.894. The number of carboxylic acids is 1. The molecule has 2 atom stereocenters. The van der Waals surface area contributed by atoms with Crippen LogP contribution in [0.5, 0.6) is 11.5 Å². The van der Waals surface area contributed by atoms with Gasteiger partial charge in [-0.05, 0) is 79.3 Å². The molecule has 2 aliphatic carbocycles. The van der Waals surface area contributed by atoms with Crippen LogP contribution in [0, 0.1) is 40.3 Å². The molecule has 0 radical (unpaired) electrons. The third kappa shape index (κ3) is 6.79. The molecule has 1 saturated carbocycles. The zero-order valence-electron chi connectivity index (χ0n) is 25.8. The number of hydrogen-bond donors (Lipinski definition) is 1. The van der Waals surface area contributed by atoms with Crippen LogP contribution in [0.4, 0.5) is 4.39 Å². The topological polar surface area (TPSA) is 101 Å². The number of piperidine rings is 1. The number of nitrogens with zero attached hydrogens (tertiary/aromatic N) is 4. The number of likely N-dealkylation sites (tertiary alicyclic amines) is 1. The summed E-state index contributed by atoms with van der Waals surface area (Å²) in [5.41, 5.74) is 3.59. The number of rotatable bonds is 12. The first-order valence-electron chi connectivity index (χ1n) is 15.9. The van der Waals surface area contributed by atoms with Gasteiger partial charge in [0.15, 0.2) is 11.6 Å². The smallest absolute Gasteiger partial charge is 0.320 e. The highest BCUT2D eigenvalue weighted by atomic mass is 35.5. The van der Waals surface area contributed by atoms with E-state index in [1.54, 1.807) is 6.07 Å². The van der Waals surface area contributed by atoms with Crippen LogP contribution >= 0.6 is 11.6 Å². The lowest BCUT2D eigenvalue weighted by Gasteiger charge is -2.32. The van der Waals surface area contributed by atoms with Crippen molar-refractivity contribution in [1.29, 1.82) is 5.26 Å². The van der Waals surface area contributed by atoms with Gasteiger partial charge in [0, 0.05) is 36.5 Å². The summed E-state index contributed by atoms with van der Waals surface area (Å²) >= 11 is 5.84. The number of hydrogen-bond acceptors (Lipinski definition) is 6. The first-order chi connectivity index (χ1) is 22.8. The molecule has 3 aliphatic rings. The van der Waals surface area contributed by atoms with Crippen molar-refractivity contribution in [2.45, 2.75) is 63.8 Å². The van der Waals surface area contributed by atoms with E-state index in [0.29, 0.717) is 18.0 Å². The standard InChI is InChI=1S/C37H34ClFN4O4/c38-26-5-9-34(31(39)20-26)46-22-24-2-1-3-28(18-24)47-27-10-16-42(17-11-27)21-35-41-32-8-4-25(29-6-7-30(29)36(44)45)19-33(32)43(35)23-37(12-13-37)14-15-40/h1-5,8-9,18-20,27,29-30H,10-14,16-17,21-23H2,(H,44,45). The third-order valence-electron chi connectivity index (χ3n) is 9.50. The zero-order chi connectivity index (χ0) is 32.5. The van der Waals surface area contributed by atoms with Gasteiger partial charge in [-0.3, -0.25) is 9.69 Å². The highest BCUT2D eigenvalue weighted by Crippen LogP contribution is 2.50. The van der Waals surface area contributed by atoms with Crippen LogP contribution in [-0.4, -0.2) is 44.7 Å². The van der Waals surface area contributed by atoms with Crippen molar-refractivity contribution in [2.75, 3.05) is 13.1 Å². The van der Waals surface area contributed by atoms with Crippen LogP contribution in [0.15, 0.2) is 60.7 Å². The van der Waals surface area contributed by atoms with Gasteiger partial charge in [0.2, 0.25) is 0 Å². The van der Waals surface area contributed by atoms with Gasteiger partial charge in [0.25, 0.3) is 0 Å². The van der Waals surface area contributed by atoms with Crippen molar-refractivity contribution >= 4 is 28.6 Å². The van der Waals surface area contributed by atoms with Crippen molar-refractivity contribution in [3.8, 4) is 29.4 Å². The Labute approximate surface area is 277 Å². The fraction of sp³-hybridized carbons (Fsp3) is 0.378. The van der Waals surface area contributed by atoms with E-state index in [2.05, 4.69) is 27.4 Å². The van der Waals surface area contributed by atoms with Gasteiger partial charge in [0.1, 0.15) is 30.2 Å². The number of ether oxygens (including phenoxy) is 2. The Kier molecular flexibility index (Phi) is 8.53. The van der Waals surface area contributed by atoms with Crippen LogP contribution in [0.1, 0.15) is 55.0 Å². The number of nitriles is 1. The van der Waals surface area contributed by atoms with Gasteiger partial charge in [0.05, 0.1) is 29.6 Å². The molecule has 2 unspecified atom stereocenters. The molecule has 4 aromatic rings. The molecule has 1 aliphatic heterocycles. The van der Waals surface area contributed by atoms with Gasteiger partial charge in [-0.15, -0.1) is 0 Å². The maximum absolute atomic E-state index is 14.1. The first-order valence-corrected chi connectivity index (χ1v) is 16.3. The number of fused-ring (bicyclic) bond motifs is 1. The van der Waals surface area contributed by atoms with E-state index in [9.17, 15) is 19.6 Å². The summed E-state index contributed by atoms with van der Waals surface area (Å²) in [6.45, 7) is 3.30. The summed E-state index contributed by atoms with van der Waals surface area (Å²) in [5.74, 6) is 5.26. The second kappa shape index (κ2) is 12.9. The Morgan fingerprint density at radius 2 is 1.96 bits per heavy atom. The van der Waals surface area contributed by atoms with Crippen LogP contribution < -0.4 is 9.47 Å². The summed E-state index contributed by atoms with van der Waals surface area (Å²) in [4.78, 5) is 19.1. The Bertz CT molecular complexity index is 1930. The third-order valence-corrected chi connectivity index (χ3v) is 9.73. The van der Waals surface area contributed by atoms with Gasteiger partial charge < -0.3 is 19.1 Å². The van der Waals surface area contributed by atoms with Gasteiger partial charge >= 0.3 is 5.97 Å². The van der Waals surface area contributed by atoms with Crippen LogP contribution in [0.2, 0.25) is 5.02 Å². The Morgan fingerprint density at radius 3 is 2.66 bits per heavy atom. The molecule has 8 nitrogen and oxygen atoms in total. The van der Waals surface area contributed by atoms with E-state index in [1.165, 1.54) is 12.1 Å². The molecular weight excluding hydrogens is 619 g/mol. The molecule has 0 bridgehead atoms. The number of carbonyl (C=O) groups is 1. The SMILES string of the molecule is N#CCC1(Cn2c(CN3CCC(Oc4cccc(COc5ccc(Cl)cc5F)c4)CC3)nc3ccc(C4C#CC4C(=O)O)cc32)CC1. The molecule has 0 spiro atoms. The molecule has 47 heavy (non-hydrogen) atoms. The van der Waals surface area contributed by atoms with Crippen molar-refractivity contribution in [2.24, 2.45) is 11.3 Å². The summed E-state index contributed by atoms with van der Waals surface area (Å²) in [6.07, 6.45) is 4.32. The quantitative estimate of drug-likeness (QED) is 0.165. The number of halogens is 2. The van der Waals surface area contributed by atoms with Crippen molar-refractivity contribution < 1.29 is 23.8 Å². The van der Waals surface area contributed by atoms with E-state index in [4.69, 9.17) is 26.1 Å². The maximum Gasteiger partial charge on any atom is 0.320 e. The second-order valence-electron chi connectivity index (χ2n) is 12.9. The van der Waals surface area contributed by atoms with E-state index in [-0.39, 0.29) is 29.8 Å². The molecule has 1 aromatic heterocycles. The molecule has 7 rings (SSSR count). The Balaban J connectivity index is 1.01. The summed E-state index contributed by atoms with van der Waals surface area (Å²) < 4.78 is 28.4. The normalized spacial score (nSPS) is 20.1. The molecule has 1 saturated heterocycles. The number of carboxylic acid groups (broad SMARTS) is 1. The van der Waals surface area contributed by atoms with Crippen LogP contribution in [0.3, 0.4) is 0 Å². The molecule has 3 aromatic carbocycles. The Morgan fingerprint density at radius 1 is 1.13 bits per heavy atom. The van der Waals surface area contributed by atoms with Gasteiger partial charge in [-0.1, -0.05) is 41.6 Å². The lowest BCUT2D eigenvalue weighted by molar-refractivity contribution is -0.140. The zero-order valence-corrected chi connectivity index (χ0v) is 26.5. The van der Waals surface area contributed by atoms with E-state index >= 15 is 0 Å². The number of aromatic nitrogens is 2. The fourth-order valence-corrected chi connectivity index (χ4v) is 6.68. The van der Waals surface area contributed by atoms with E-state index in [1.807, 2.05) is 42.5 Å². The highest BCUT2D eigenvalue weighted by Gasteiger charge is 2.43. The predicted octanol–water partition coefficient (Wildman–Crippen LogP) is 6.95. The molecule has 2 heterocycles. The van der Waals surface area contributed by atoms with Crippen LogP contribution in [0.25, 0.3) is 11.0 Å². The van der Waals surface area contributed by atoms with Crippen molar-refractivity contribution in [1.82, 2.24) is 14.5 Å². The molecule has 2 fully saturated rings. The van der Waals surface area contributed by atoms with Gasteiger partial charge in [-0.2, -0.15) is 5.26 Å². The van der Waals surface area contributed by atoms with Gasteiger partial charge in [-0.25, -0.2) is 9.37 Å². The minimum absolute atomic E-state index is 0.0313. The second-order valence-corrected chi connectivity index (χ2v) is 13.3. The number of benzene rings is 3. The fourth-order valence-electron chi connectivity index (χ4n) is 6.52. The summed E-state index contributed by atoms with van der Waals surface area (Å²) in [7, 11) is 0. The predicted molar refractivity (Wildman–Crippen MR) is 174 cm³/mol. The van der Waals surface area contributed by atoms with Crippen molar-refractivity contribution in [3.05, 3.63) is 88.5 Å². The molecule has 240 valence electrons. The van der Waals surface area contributed by atoms with Crippen molar-refractivity contribution in [3.63, 3.8) is 0 Å². The lowest BCUT2D eigenvalue weighted by atomic mass is 9.80. The van der Waals surface area contributed by atoms with E-state index in [0.717, 1.165) is 79.1 Å². The number of imidazole rings is 1. The highest BCUT2D eigenvalue weighted by molar-refractivity contribution is 6.30. The molecule has 0 amide bonds. The first kappa shape index (κ1) is 31.1. The molecular formula is C37H34ClFN4O4. The lowest BCUT2D eigenvalue weighted by Crippen LogP contribution is -2.38. The average Bonchev–Trinajstić information content (AvgIpc) is 3.71. The largest absolute Gasteiger partial charge is 0.490 e. The summed E-state index contributed by atoms with van der Waals surface area (Å²) in [5, 5.41) is 19.4. The maximum atomic E-state index is 14.1. The minimum Gasteiger partial charge on any atom is -0.490 e. The molecule has 10 heteroatoms. The number of aliphatic carboxylic acids is 1.